The zero-order valence-electron chi connectivity index (χ0n) is 19.0. The van der Waals surface area contributed by atoms with Gasteiger partial charge in [-0.25, -0.2) is 5.01 Å². The molecule has 1 fully saturated rings. The zero-order chi connectivity index (χ0) is 24.6. The molecule has 0 saturated carbocycles. The number of thioether (sulfide) groups is 1. The molecule has 3 atom stereocenters. The number of para-hydroxylation sites is 1. The van der Waals surface area contributed by atoms with Gasteiger partial charge in [0.25, 0.3) is 5.24 Å². The Morgan fingerprint density at radius 3 is 2.53 bits per heavy atom. The number of rotatable bonds is 5. The lowest BCUT2D eigenvalue weighted by molar-refractivity contribution is -0.135. The van der Waals surface area contributed by atoms with Crippen LogP contribution in [-0.4, -0.2) is 33.1 Å². The summed E-state index contributed by atoms with van der Waals surface area (Å²) in [7, 11) is 0. The van der Waals surface area contributed by atoms with Crippen LogP contribution in [0.15, 0.2) is 84.0 Å². The molecule has 1 saturated heterocycles. The van der Waals surface area contributed by atoms with Gasteiger partial charge in [-0.15, -0.1) is 0 Å². The molecule has 3 aromatic rings. The first-order valence-corrected chi connectivity index (χ1v) is 12.4. The van der Waals surface area contributed by atoms with Crippen molar-refractivity contribution in [3.8, 4) is 11.5 Å². The average molecular weight is 500 g/mol. The summed E-state index contributed by atoms with van der Waals surface area (Å²) in [5.41, 5.74) is 4.05. The maximum Gasteiger partial charge on any atom is 0.312 e. The molecule has 0 aliphatic carbocycles. The summed E-state index contributed by atoms with van der Waals surface area (Å²) in [6.45, 7) is 0. The minimum Gasteiger partial charge on any atom is -0.464 e. The first kappa shape index (κ1) is 22.4. The number of nitrogens with one attached hydrogen (secondary N) is 1. The van der Waals surface area contributed by atoms with E-state index < -0.39 is 28.6 Å². The van der Waals surface area contributed by atoms with Crippen molar-refractivity contribution in [2.75, 3.05) is 0 Å². The fourth-order valence-corrected chi connectivity index (χ4v) is 5.42. The van der Waals surface area contributed by atoms with Crippen molar-refractivity contribution in [2.24, 2.45) is 5.10 Å². The first-order chi connectivity index (χ1) is 17.5. The van der Waals surface area contributed by atoms with Crippen molar-refractivity contribution in [2.45, 2.75) is 30.4 Å². The molecule has 0 aromatic heterocycles. The second kappa shape index (κ2) is 9.16. The molecule has 0 radical (unpaired) electrons. The average Bonchev–Trinajstić information content (AvgIpc) is 3.47. The highest BCUT2D eigenvalue weighted by Gasteiger charge is 2.41. The second-order valence-corrected chi connectivity index (χ2v) is 9.83. The van der Waals surface area contributed by atoms with E-state index in [1.807, 2.05) is 53.5 Å². The van der Waals surface area contributed by atoms with E-state index in [1.54, 1.807) is 12.1 Å². The van der Waals surface area contributed by atoms with Crippen molar-refractivity contribution in [3.05, 3.63) is 95.6 Å². The number of hydrazone groups is 1. The van der Waals surface area contributed by atoms with Crippen LogP contribution < -0.4 is 14.8 Å². The fourth-order valence-electron chi connectivity index (χ4n) is 4.61. The molecule has 3 aromatic carbocycles. The van der Waals surface area contributed by atoms with Gasteiger partial charge in [0.1, 0.15) is 16.7 Å². The number of esters is 1. The Balaban J connectivity index is 1.22. The minimum absolute atomic E-state index is 0.0467. The molecule has 1 N–H and O–H groups in total. The Morgan fingerprint density at radius 1 is 1.03 bits per heavy atom. The third-order valence-electron chi connectivity index (χ3n) is 6.32. The van der Waals surface area contributed by atoms with E-state index in [0.29, 0.717) is 5.75 Å². The van der Waals surface area contributed by atoms with Gasteiger partial charge < -0.3 is 9.47 Å². The van der Waals surface area contributed by atoms with Crippen LogP contribution in [0.25, 0.3) is 0 Å². The summed E-state index contributed by atoms with van der Waals surface area (Å²) in [5.74, 6) is 0.124. The lowest BCUT2D eigenvalue weighted by atomic mass is 9.96. The van der Waals surface area contributed by atoms with Crippen molar-refractivity contribution < 1.29 is 23.9 Å². The van der Waals surface area contributed by atoms with Crippen LogP contribution in [0.1, 0.15) is 41.8 Å². The minimum atomic E-state index is -0.760. The largest absolute Gasteiger partial charge is 0.464 e. The molecule has 6 rings (SSSR count). The van der Waals surface area contributed by atoms with Crippen LogP contribution in [0.3, 0.4) is 0 Å². The number of hydrogen-bond acceptors (Lipinski definition) is 8. The molecule has 3 aliphatic heterocycles. The summed E-state index contributed by atoms with van der Waals surface area (Å²) in [6, 6.07) is 25.2. The van der Waals surface area contributed by atoms with Crippen molar-refractivity contribution in [3.63, 3.8) is 0 Å². The smallest absolute Gasteiger partial charge is 0.312 e. The van der Waals surface area contributed by atoms with Crippen molar-refractivity contribution in [1.82, 2.24) is 10.3 Å². The molecule has 180 valence electrons. The molecule has 36 heavy (non-hydrogen) atoms. The number of fused-ring (bicyclic) bond motifs is 3. The quantitative estimate of drug-likeness (QED) is 0.406. The molecule has 0 bridgehead atoms. The first-order valence-electron chi connectivity index (χ1n) is 11.5. The summed E-state index contributed by atoms with van der Waals surface area (Å²) in [4.78, 5) is 35.3. The molecule has 9 heteroatoms. The zero-order valence-corrected chi connectivity index (χ0v) is 19.8. The van der Waals surface area contributed by atoms with E-state index in [9.17, 15) is 14.4 Å². The number of nitrogens with zero attached hydrogens (tertiary/aromatic N) is 2. The van der Waals surface area contributed by atoms with Gasteiger partial charge in [-0.2, -0.15) is 5.10 Å². The normalized spacial score (nSPS) is 22.3. The second-order valence-electron chi connectivity index (χ2n) is 8.65. The Hall–Kier alpha value is -4.11. The third kappa shape index (κ3) is 4.22. The molecule has 2 amide bonds. The van der Waals surface area contributed by atoms with E-state index in [-0.39, 0.29) is 12.5 Å². The van der Waals surface area contributed by atoms with E-state index in [0.717, 1.165) is 46.3 Å². The number of benzene rings is 3. The highest BCUT2D eigenvalue weighted by atomic mass is 32.2. The molecule has 3 heterocycles. The Morgan fingerprint density at radius 2 is 1.78 bits per heavy atom. The van der Waals surface area contributed by atoms with Gasteiger partial charge >= 0.3 is 5.97 Å². The van der Waals surface area contributed by atoms with Gasteiger partial charge in [0, 0.05) is 17.5 Å². The SMILES string of the molecule is O=C(C[C@@H]1SC(=O)NC1=O)Oc1ccc([C@H]2Oc3ccccc3[C@H]3CC(c4ccccc4)=NN32)cc1. The van der Waals surface area contributed by atoms with E-state index in [1.165, 1.54) is 0 Å². The van der Waals surface area contributed by atoms with Crippen LogP contribution in [0.4, 0.5) is 4.79 Å². The summed E-state index contributed by atoms with van der Waals surface area (Å²) >= 11 is 0.801. The van der Waals surface area contributed by atoms with Crippen LogP contribution >= 0.6 is 11.8 Å². The van der Waals surface area contributed by atoms with Gasteiger partial charge in [0.05, 0.1) is 18.2 Å². The molecular formula is C27H21N3O5S. The summed E-state index contributed by atoms with van der Waals surface area (Å²) < 4.78 is 11.8. The molecule has 8 nitrogen and oxygen atoms in total. The molecule has 0 unspecified atom stereocenters. The topological polar surface area (TPSA) is 97.3 Å². The van der Waals surface area contributed by atoms with Crippen LogP contribution in [0.5, 0.6) is 11.5 Å². The lowest BCUT2D eigenvalue weighted by Crippen LogP contribution is -2.33. The van der Waals surface area contributed by atoms with Gasteiger partial charge in [0.2, 0.25) is 12.1 Å². The number of carbonyl (C=O) groups excluding carboxylic acids is 3. The monoisotopic (exact) mass is 499 g/mol. The van der Waals surface area contributed by atoms with Gasteiger partial charge in [-0.3, -0.25) is 19.7 Å². The molecule has 3 aliphatic rings. The Bertz CT molecular complexity index is 1380. The van der Waals surface area contributed by atoms with E-state index in [4.69, 9.17) is 14.6 Å². The van der Waals surface area contributed by atoms with Crippen LogP contribution in [0, 0.1) is 0 Å². The van der Waals surface area contributed by atoms with E-state index >= 15 is 0 Å². The highest BCUT2D eigenvalue weighted by Crippen LogP contribution is 2.47. The van der Waals surface area contributed by atoms with Gasteiger partial charge in [0.15, 0.2) is 0 Å². The predicted octanol–water partition coefficient (Wildman–Crippen LogP) is 4.58. The lowest BCUT2D eigenvalue weighted by Gasteiger charge is -2.38. The number of carbonyl (C=O) groups is 3. The van der Waals surface area contributed by atoms with Crippen LogP contribution in [-0.2, 0) is 9.59 Å². The van der Waals surface area contributed by atoms with Gasteiger partial charge in [-0.1, -0.05) is 60.3 Å². The standard InChI is InChI=1S/C27H21N3O5S/c31-24(15-23-25(32)28-27(33)36-23)34-18-12-10-17(11-13-18)26-30-21(19-8-4-5-9-22(19)35-26)14-20(29-30)16-6-2-1-3-7-16/h1-13,21,23,26H,14-15H2,(H,28,32,33)/t21-,23+,26-/m1/s1. The van der Waals surface area contributed by atoms with Crippen molar-refractivity contribution >= 4 is 34.6 Å². The Kier molecular flexibility index (Phi) is 5.69. The molecular weight excluding hydrogens is 478 g/mol. The predicted molar refractivity (Wildman–Crippen MR) is 134 cm³/mol. The Labute approximate surface area is 211 Å². The number of imide groups is 1. The number of ether oxygens (including phenoxy) is 2. The third-order valence-corrected chi connectivity index (χ3v) is 7.30. The fraction of sp³-hybridized carbons (Fsp3) is 0.185. The highest BCUT2D eigenvalue weighted by molar-refractivity contribution is 8.15. The molecule has 0 spiro atoms. The van der Waals surface area contributed by atoms with E-state index in [2.05, 4.69) is 23.5 Å². The maximum atomic E-state index is 12.3. The van der Waals surface area contributed by atoms with Crippen molar-refractivity contribution in [1.29, 1.82) is 0 Å². The number of hydrogen-bond donors (Lipinski definition) is 1. The number of amides is 2. The summed E-state index contributed by atoms with van der Waals surface area (Å²) in [6.07, 6.45) is 0.144. The maximum absolute atomic E-state index is 12.3. The van der Waals surface area contributed by atoms with Crippen LogP contribution in [0.2, 0.25) is 0 Å². The van der Waals surface area contributed by atoms with Gasteiger partial charge in [-0.05, 0) is 35.9 Å². The summed E-state index contributed by atoms with van der Waals surface area (Å²) in [5, 5.41) is 7.91.